The van der Waals surface area contributed by atoms with Gasteiger partial charge < -0.3 is 21.4 Å². The lowest BCUT2D eigenvalue weighted by Gasteiger charge is -2.53. The van der Waals surface area contributed by atoms with Gasteiger partial charge in [0.15, 0.2) is 0 Å². The highest BCUT2D eigenvalue weighted by molar-refractivity contribution is 5.81. The number of rotatable bonds is 6. The van der Waals surface area contributed by atoms with Crippen molar-refractivity contribution >= 4 is 5.69 Å². The number of aryl methyl sites for hydroxylation is 1. The van der Waals surface area contributed by atoms with Crippen molar-refractivity contribution in [1.29, 1.82) is 0 Å². The lowest BCUT2D eigenvalue weighted by atomic mass is 9.53. The molecular weight excluding hydrogens is 358 g/mol. The SMILES string of the molecule is CCCCc1nc2c(n1CC13CCC(CN)(CC1)CC3)-c1ccccc1NC2N. The lowest BCUT2D eigenvalue weighted by Crippen LogP contribution is -2.47. The number of hydrogen-bond donors (Lipinski definition) is 3. The van der Waals surface area contributed by atoms with Crippen molar-refractivity contribution in [2.45, 2.75) is 77.4 Å². The summed E-state index contributed by atoms with van der Waals surface area (Å²) in [4.78, 5) is 5.10. The van der Waals surface area contributed by atoms with Crippen LogP contribution in [-0.4, -0.2) is 16.1 Å². The number of para-hydroxylation sites is 1. The molecule has 0 spiro atoms. The Hall–Kier alpha value is -1.85. The molecule has 2 heterocycles. The van der Waals surface area contributed by atoms with Crippen molar-refractivity contribution in [2.75, 3.05) is 11.9 Å². The third kappa shape index (κ3) is 3.10. The van der Waals surface area contributed by atoms with Crippen molar-refractivity contribution in [3.05, 3.63) is 35.8 Å². The van der Waals surface area contributed by atoms with Crippen LogP contribution in [0.4, 0.5) is 5.69 Å². The van der Waals surface area contributed by atoms with Crippen LogP contribution in [0, 0.1) is 10.8 Å². The average Bonchev–Trinajstić information content (AvgIpc) is 3.12. The Bertz CT molecular complexity index is 874. The molecule has 0 saturated heterocycles. The Labute approximate surface area is 174 Å². The van der Waals surface area contributed by atoms with Gasteiger partial charge in [0, 0.05) is 24.2 Å². The zero-order valence-electron chi connectivity index (χ0n) is 17.7. The highest BCUT2D eigenvalue weighted by Gasteiger charge is 2.48. The molecule has 1 aliphatic heterocycles. The molecule has 0 amide bonds. The van der Waals surface area contributed by atoms with Crippen LogP contribution in [0.2, 0.25) is 0 Å². The molecule has 0 radical (unpaired) electrons. The van der Waals surface area contributed by atoms with E-state index in [9.17, 15) is 0 Å². The number of anilines is 1. The molecule has 6 rings (SSSR count). The fourth-order valence-electron chi connectivity index (χ4n) is 5.99. The second kappa shape index (κ2) is 7.13. The van der Waals surface area contributed by atoms with Crippen LogP contribution in [0.25, 0.3) is 11.3 Å². The summed E-state index contributed by atoms with van der Waals surface area (Å²) >= 11 is 0. The number of benzene rings is 1. The summed E-state index contributed by atoms with van der Waals surface area (Å²) in [6.07, 6.45) is 10.9. The molecule has 1 aromatic carbocycles. The van der Waals surface area contributed by atoms with E-state index < -0.39 is 0 Å². The molecule has 3 aliphatic carbocycles. The van der Waals surface area contributed by atoms with E-state index in [1.165, 1.54) is 68.4 Å². The number of nitrogens with one attached hydrogen (secondary N) is 1. The molecule has 1 atom stereocenters. The van der Waals surface area contributed by atoms with E-state index in [4.69, 9.17) is 16.5 Å². The Morgan fingerprint density at radius 2 is 1.79 bits per heavy atom. The second-order valence-corrected chi connectivity index (χ2v) is 9.82. The van der Waals surface area contributed by atoms with Gasteiger partial charge in [0.1, 0.15) is 17.7 Å². The Morgan fingerprint density at radius 3 is 2.48 bits per heavy atom. The van der Waals surface area contributed by atoms with Crippen LogP contribution < -0.4 is 16.8 Å². The molecule has 5 N–H and O–H groups in total. The summed E-state index contributed by atoms with van der Waals surface area (Å²) in [6, 6.07) is 8.55. The standard InChI is InChI=1S/C24H35N5/c1-2-3-8-19-28-20-21(17-6-4-5-7-18(17)27-22(20)26)29(19)16-24-12-9-23(15-25,10-13-24)11-14-24/h4-7,22,27H,2-3,8-16,25-26H2,1H3. The topological polar surface area (TPSA) is 81.9 Å². The van der Waals surface area contributed by atoms with Gasteiger partial charge in [-0.05, 0) is 68.4 Å². The predicted molar refractivity (Wildman–Crippen MR) is 118 cm³/mol. The Morgan fingerprint density at radius 1 is 1.10 bits per heavy atom. The van der Waals surface area contributed by atoms with Gasteiger partial charge in [0.05, 0.1) is 5.69 Å². The minimum atomic E-state index is -0.235. The van der Waals surface area contributed by atoms with Crippen molar-refractivity contribution in [1.82, 2.24) is 9.55 Å². The van der Waals surface area contributed by atoms with Crippen LogP contribution in [0.15, 0.2) is 24.3 Å². The van der Waals surface area contributed by atoms with Gasteiger partial charge in [-0.15, -0.1) is 0 Å². The number of fused-ring (bicyclic) bond motifs is 6. The van der Waals surface area contributed by atoms with Crippen molar-refractivity contribution in [3.63, 3.8) is 0 Å². The van der Waals surface area contributed by atoms with Gasteiger partial charge in [0.25, 0.3) is 0 Å². The van der Waals surface area contributed by atoms with E-state index in [0.29, 0.717) is 10.8 Å². The first-order valence-electron chi connectivity index (χ1n) is 11.5. The van der Waals surface area contributed by atoms with E-state index in [1.807, 2.05) is 0 Å². The van der Waals surface area contributed by atoms with Gasteiger partial charge in [-0.3, -0.25) is 0 Å². The van der Waals surface area contributed by atoms with E-state index >= 15 is 0 Å². The molecule has 2 bridgehead atoms. The highest BCUT2D eigenvalue weighted by atomic mass is 15.2. The summed E-state index contributed by atoms with van der Waals surface area (Å²) in [6.45, 7) is 4.19. The zero-order valence-corrected chi connectivity index (χ0v) is 17.7. The Balaban J connectivity index is 1.56. The van der Waals surface area contributed by atoms with E-state index in [-0.39, 0.29) is 6.17 Å². The van der Waals surface area contributed by atoms with Crippen molar-refractivity contribution < 1.29 is 0 Å². The zero-order chi connectivity index (χ0) is 20.1. The number of hydrogen-bond acceptors (Lipinski definition) is 4. The van der Waals surface area contributed by atoms with E-state index in [0.717, 1.165) is 30.9 Å². The minimum absolute atomic E-state index is 0.235. The number of nitrogens with zero attached hydrogens (tertiary/aromatic N) is 2. The van der Waals surface area contributed by atoms with Crippen LogP contribution in [0.1, 0.15) is 76.0 Å². The maximum Gasteiger partial charge on any atom is 0.120 e. The monoisotopic (exact) mass is 393 g/mol. The molecular formula is C24H35N5. The summed E-state index contributed by atoms with van der Waals surface area (Å²) in [5.41, 5.74) is 18.2. The molecule has 5 nitrogen and oxygen atoms in total. The van der Waals surface area contributed by atoms with Crippen molar-refractivity contribution in [2.24, 2.45) is 22.3 Å². The molecule has 1 unspecified atom stereocenters. The summed E-state index contributed by atoms with van der Waals surface area (Å²) < 4.78 is 2.56. The third-order valence-corrected chi connectivity index (χ3v) is 8.10. The molecule has 3 fully saturated rings. The number of imidazole rings is 1. The van der Waals surface area contributed by atoms with Crippen LogP contribution in [0.5, 0.6) is 0 Å². The first-order chi connectivity index (χ1) is 14.1. The molecule has 2 aromatic rings. The van der Waals surface area contributed by atoms with Crippen LogP contribution in [0.3, 0.4) is 0 Å². The quantitative estimate of drug-likeness (QED) is 0.671. The largest absolute Gasteiger partial charge is 0.364 e. The molecule has 3 saturated carbocycles. The third-order valence-electron chi connectivity index (χ3n) is 8.10. The van der Waals surface area contributed by atoms with Gasteiger partial charge in [-0.25, -0.2) is 4.98 Å². The summed E-state index contributed by atoms with van der Waals surface area (Å²) in [7, 11) is 0. The normalized spacial score (nSPS) is 30.0. The highest BCUT2D eigenvalue weighted by Crippen LogP contribution is 2.57. The van der Waals surface area contributed by atoms with Crippen molar-refractivity contribution in [3.8, 4) is 11.3 Å². The number of aromatic nitrogens is 2. The van der Waals surface area contributed by atoms with E-state index in [2.05, 4.69) is 41.1 Å². The fraction of sp³-hybridized carbons (Fsp3) is 0.625. The van der Waals surface area contributed by atoms with Crippen LogP contribution in [-0.2, 0) is 13.0 Å². The van der Waals surface area contributed by atoms with Gasteiger partial charge in [0.2, 0.25) is 0 Å². The fourth-order valence-corrected chi connectivity index (χ4v) is 5.99. The molecule has 156 valence electrons. The van der Waals surface area contributed by atoms with Gasteiger partial charge in [-0.1, -0.05) is 31.5 Å². The average molecular weight is 394 g/mol. The second-order valence-electron chi connectivity index (χ2n) is 9.82. The first kappa shape index (κ1) is 19.1. The molecule has 29 heavy (non-hydrogen) atoms. The number of nitrogens with two attached hydrogens (primary N) is 2. The number of unbranched alkanes of at least 4 members (excludes halogenated alkanes) is 1. The maximum atomic E-state index is 6.51. The van der Waals surface area contributed by atoms with Gasteiger partial charge >= 0.3 is 0 Å². The van der Waals surface area contributed by atoms with Gasteiger partial charge in [-0.2, -0.15) is 0 Å². The smallest absolute Gasteiger partial charge is 0.120 e. The molecule has 5 heteroatoms. The predicted octanol–water partition coefficient (Wildman–Crippen LogP) is 4.57. The Kier molecular flexibility index (Phi) is 4.71. The molecule has 1 aromatic heterocycles. The lowest BCUT2D eigenvalue weighted by molar-refractivity contribution is -0.0143. The minimum Gasteiger partial charge on any atom is -0.364 e. The summed E-state index contributed by atoms with van der Waals surface area (Å²) in [5, 5.41) is 3.45. The van der Waals surface area contributed by atoms with E-state index in [1.54, 1.807) is 0 Å². The first-order valence-corrected chi connectivity index (χ1v) is 11.5. The maximum absolute atomic E-state index is 6.51. The summed E-state index contributed by atoms with van der Waals surface area (Å²) in [5.74, 6) is 1.22. The molecule has 4 aliphatic rings. The van der Waals surface area contributed by atoms with Crippen LogP contribution >= 0.6 is 0 Å².